The van der Waals surface area contributed by atoms with Gasteiger partial charge in [-0.3, -0.25) is 0 Å². The molecule has 0 aromatic carbocycles. The first-order valence-corrected chi connectivity index (χ1v) is 7.88. The first kappa shape index (κ1) is 16.9. The minimum atomic E-state index is -3.86. The highest BCUT2D eigenvalue weighted by Crippen LogP contribution is 2.28. The van der Waals surface area contributed by atoms with Crippen LogP contribution >= 0.6 is 0 Å². The van der Waals surface area contributed by atoms with Gasteiger partial charge in [-0.05, 0) is 25.7 Å². The molecule has 0 heterocycles. The quantitative estimate of drug-likeness (QED) is 0.568. The molecule has 17 heavy (non-hydrogen) atoms. The maximum absolute atomic E-state index is 11.7. The fraction of sp³-hybridized carbons (Fsp3) is 1.00. The highest BCUT2D eigenvalue weighted by atomic mass is 32.3. The Hall–Kier alpha value is -0.130. The Labute approximate surface area is 106 Å². The molecule has 0 aromatic heterocycles. The molecule has 0 N–H and O–H groups in total. The van der Waals surface area contributed by atoms with Crippen LogP contribution in [0.15, 0.2) is 0 Å². The Balaban J connectivity index is 4.52. The molecule has 0 fully saturated rings. The van der Waals surface area contributed by atoms with Gasteiger partial charge in [0.25, 0.3) is 0 Å². The van der Waals surface area contributed by atoms with Crippen molar-refractivity contribution in [2.75, 3.05) is 6.61 Å². The van der Waals surface area contributed by atoms with Crippen LogP contribution in [0, 0.1) is 0 Å². The van der Waals surface area contributed by atoms with Crippen molar-refractivity contribution in [3.63, 3.8) is 0 Å². The maximum Gasteiger partial charge on any atom is 0.400 e. The Kier molecular flexibility index (Phi) is 8.00. The zero-order chi connectivity index (χ0) is 13.4. The van der Waals surface area contributed by atoms with E-state index in [2.05, 4.69) is 0 Å². The average Bonchev–Trinajstić information content (AvgIpc) is 2.28. The second kappa shape index (κ2) is 8.06. The van der Waals surface area contributed by atoms with Crippen molar-refractivity contribution in [2.45, 2.75) is 71.8 Å². The van der Waals surface area contributed by atoms with Gasteiger partial charge in [-0.25, -0.2) is 8.37 Å². The van der Waals surface area contributed by atoms with E-state index in [1.165, 1.54) is 0 Å². The van der Waals surface area contributed by atoms with Crippen LogP contribution in [-0.4, -0.2) is 20.6 Å². The summed E-state index contributed by atoms with van der Waals surface area (Å²) in [4.78, 5) is 0. The minimum absolute atomic E-state index is 0.203. The fourth-order valence-electron chi connectivity index (χ4n) is 1.76. The normalized spacial score (nSPS) is 12.9. The van der Waals surface area contributed by atoms with E-state index in [1.807, 2.05) is 27.7 Å². The molecular weight excluding hydrogens is 240 g/mol. The van der Waals surface area contributed by atoms with Crippen molar-refractivity contribution >= 4 is 10.4 Å². The van der Waals surface area contributed by atoms with Gasteiger partial charge in [0.05, 0.1) is 12.2 Å². The van der Waals surface area contributed by atoms with E-state index in [9.17, 15) is 8.42 Å². The van der Waals surface area contributed by atoms with E-state index < -0.39 is 16.0 Å². The van der Waals surface area contributed by atoms with E-state index in [4.69, 9.17) is 8.37 Å². The predicted octanol–water partition coefficient (Wildman–Crippen LogP) is 3.42. The molecule has 0 amide bonds. The number of hydrogen-bond donors (Lipinski definition) is 0. The summed E-state index contributed by atoms with van der Waals surface area (Å²) >= 11 is 0. The maximum atomic E-state index is 11.7. The molecule has 0 atom stereocenters. The number of unbranched alkanes of at least 4 members (excludes halogenated alkanes) is 1. The van der Waals surface area contributed by atoms with Crippen molar-refractivity contribution in [2.24, 2.45) is 0 Å². The summed E-state index contributed by atoms with van der Waals surface area (Å²) in [5.41, 5.74) is -0.597. The molecule has 0 aromatic rings. The minimum Gasteiger partial charge on any atom is -0.248 e. The summed E-state index contributed by atoms with van der Waals surface area (Å²) in [5, 5.41) is 0. The van der Waals surface area contributed by atoms with E-state index in [0.717, 1.165) is 25.7 Å². The van der Waals surface area contributed by atoms with Crippen LogP contribution in [0.2, 0.25) is 0 Å². The summed E-state index contributed by atoms with van der Waals surface area (Å²) in [6.45, 7) is 8.10. The van der Waals surface area contributed by atoms with Crippen molar-refractivity contribution in [1.29, 1.82) is 0 Å². The SMILES string of the molecule is CCCCOS(=O)(=O)OC(CC)(CC)CCC. The fourth-order valence-corrected chi connectivity index (χ4v) is 2.89. The Morgan fingerprint density at radius 2 is 1.59 bits per heavy atom. The van der Waals surface area contributed by atoms with Crippen molar-refractivity contribution in [3.8, 4) is 0 Å². The summed E-state index contributed by atoms with van der Waals surface area (Å²) < 4.78 is 33.4. The molecule has 0 unspecified atom stereocenters. The van der Waals surface area contributed by atoms with Gasteiger partial charge in [0.2, 0.25) is 0 Å². The molecule has 0 aliphatic rings. The Morgan fingerprint density at radius 1 is 1.00 bits per heavy atom. The number of hydrogen-bond acceptors (Lipinski definition) is 4. The van der Waals surface area contributed by atoms with Crippen LogP contribution < -0.4 is 0 Å². The smallest absolute Gasteiger partial charge is 0.248 e. The van der Waals surface area contributed by atoms with Crippen LogP contribution in [0.25, 0.3) is 0 Å². The highest BCUT2D eigenvalue weighted by molar-refractivity contribution is 7.81. The van der Waals surface area contributed by atoms with Crippen LogP contribution in [0.1, 0.15) is 66.2 Å². The van der Waals surface area contributed by atoms with Gasteiger partial charge < -0.3 is 0 Å². The third-order valence-electron chi connectivity index (χ3n) is 3.00. The summed E-state index contributed by atoms with van der Waals surface area (Å²) in [7, 11) is -3.86. The molecule has 0 aliphatic carbocycles. The third kappa shape index (κ3) is 6.38. The average molecular weight is 266 g/mol. The van der Waals surface area contributed by atoms with Gasteiger partial charge in [-0.2, -0.15) is 8.42 Å². The van der Waals surface area contributed by atoms with Crippen LogP contribution in [0.4, 0.5) is 0 Å². The summed E-state index contributed by atoms with van der Waals surface area (Å²) in [6, 6.07) is 0. The number of rotatable bonds is 10. The van der Waals surface area contributed by atoms with E-state index in [0.29, 0.717) is 12.8 Å². The molecule has 5 heteroatoms. The zero-order valence-electron chi connectivity index (χ0n) is 11.5. The third-order valence-corrected chi connectivity index (χ3v) is 4.01. The van der Waals surface area contributed by atoms with Gasteiger partial charge in [0, 0.05) is 0 Å². The lowest BCUT2D eigenvalue weighted by molar-refractivity contribution is 0.0367. The molecular formula is C12H26O4S. The first-order chi connectivity index (χ1) is 7.95. The second-order valence-electron chi connectivity index (χ2n) is 4.31. The molecule has 0 saturated carbocycles. The van der Waals surface area contributed by atoms with Crippen LogP contribution in [0.5, 0.6) is 0 Å². The standard InChI is InChI=1S/C12H26O4S/c1-5-9-11-15-17(13,14)16-12(7-3,8-4)10-6-2/h5-11H2,1-4H3. The first-order valence-electron chi connectivity index (χ1n) is 6.55. The summed E-state index contributed by atoms with van der Waals surface area (Å²) in [6.07, 6.45) is 4.60. The molecule has 0 spiro atoms. The van der Waals surface area contributed by atoms with Gasteiger partial charge in [0.1, 0.15) is 0 Å². The monoisotopic (exact) mass is 266 g/mol. The molecule has 0 aliphatic heterocycles. The molecule has 0 rings (SSSR count). The van der Waals surface area contributed by atoms with Crippen molar-refractivity contribution in [3.05, 3.63) is 0 Å². The van der Waals surface area contributed by atoms with E-state index >= 15 is 0 Å². The van der Waals surface area contributed by atoms with Gasteiger partial charge >= 0.3 is 10.4 Å². The van der Waals surface area contributed by atoms with Gasteiger partial charge in [0.15, 0.2) is 0 Å². The predicted molar refractivity (Wildman–Crippen MR) is 69.1 cm³/mol. The molecule has 0 bridgehead atoms. The molecule has 0 radical (unpaired) electrons. The Bertz CT molecular complexity index is 281. The molecule has 104 valence electrons. The van der Waals surface area contributed by atoms with Gasteiger partial charge in [-0.15, -0.1) is 0 Å². The Morgan fingerprint density at radius 3 is 2.00 bits per heavy atom. The topological polar surface area (TPSA) is 52.6 Å². The van der Waals surface area contributed by atoms with Crippen molar-refractivity contribution in [1.82, 2.24) is 0 Å². The molecule has 4 nitrogen and oxygen atoms in total. The van der Waals surface area contributed by atoms with E-state index in [-0.39, 0.29) is 6.61 Å². The van der Waals surface area contributed by atoms with E-state index in [1.54, 1.807) is 0 Å². The van der Waals surface area contributed by atoms with Crippen molar-refractivity contribution < 1.29 is 16.8 Å². The second-order valence-corrected chi connectivity index (χ2v) is 5.53. The lowest BCUT2D eigenvalue weighted by Crippen LogP contribution is -2.34. The highest BCUT2D eigenvalue weighted by Gasteiger charge is 2.32. The molecule has 0 saturated heterocycles. The lowest BCUT2D eigenvalue weighted by atomic mass is 9.92. The van der Waals surface area contributed by atoms with Crippen LogP contribution in [-0.2, 0) is 18.8 Å². The zero-order valence-corrected chi connectivity index (χ0v) is 12.3. The van der Waals surface area contributed by atoms with Crippen LogP contribution in [0.3, 0.4) is 0 Å². The van der Waals surface area contributed by atoms with Gasteiger partial charge in [-0.1, -0.05) is 40.5 Å². The lowest BCUT2D eigenvalue weighted by Gasteiger charge is -2.30. The summed E-state index contributed by atoms with van der Waals surface area (Å²) in [5.74, 6) is 0. The largest absolute Gasteiger partial charge is 0.400 e.